The van der Waals surface area contributed by atoms with Gasteiger partial charge in [-0.3, -0.25) is 9.59 Å². The molecule has 1 atom stereocenters. The summed E-state index contributed by atoms with van der Waals surface area (Å²) in [6.07, 6.45) is 0. The van der Waals surface area contributed by atoms with Gasteiger partial charge in [0.05, 0.1) is 22.6 Å². The Labute approximate surface area is 203 Å². The number of ketones is 1. The standard InChI is InChI=1S/C30H23N3O2/c34-28-26-27(22-14-6-2-7-15-22)31-24-18-10-11-19-25(24)32-30(26,23-16-8-3-9-17-23)33(29(28)35)20-21-12-4-1-5-13-21/h1-19,31-32H,20H2/t30-/m1/s1. The second-order valence-electron chi connectivity index (χ2n) is 8.69. The molecule has 0 aliphatic carbocycles. The van der Waals surface area contributed by atoms with Gasteiger partial charge in [0.15, 0.2) is 5.66 Å². The number of carbonyl (C=O) groups excluding carboxylic acids is 2. The van der Waals surface area contributed by atoms with Crippen molar-refractivity contribution >= 4 is 28.8 Å². The van der Waals surface area contributed by atoms with Gasteiger partial charge < -0.3 is 15.5 Å². The number of nitrogens with one attached hydrogen (secondary N) is 2. The minimum Gasteiger partial charge on any atom is -0.353 e. The molecule has 5 nitrogen and oxygen atoms in total. The van der Waals surface area contributed by atoms with E-state index >= 15 is 0 Å². The van der Waals surface area contributed by atoms with E-state index in [2.05, 4.69) is 10.6 Å². The highest BCUT2D eigenvalue weighted by atomic mass is 16.2. The van der Waals surface area contributed by atoms with E-state index in [1.807, 2.05) is 115 Å². The van der Waals surface area contributed by atoms with Gasteiger partial charge in [-0.25, -0.2) is 0 Å². The van der Waals surface area contributed by atoms with E-state index in [1.165, 1.54) is 0 Å². The zero-order valence-corrected chi connectivity index (χ0v) is 18.9. The van der Waals surface area contributed by atoms with E-state index < -0.39 is 17.4 Å². The molecule has 5 heteroatoms. The van der Waals surface area contributed by atoms with Crippen LogP contribution in [0.4, 0.5) is 11.4 Å². The predicted octanol–water partition coefficient (Wildman–Crippen LogP) is 5.40. The summed E-state index contributed by atoms with van der Waals surface area (Å²) in [4.78, 5) is 29.3. The summed E-state index contributed by atoms with van der Waals surface area (Å²) >= 11 is 0. The topological polar surface area (TPSA) is 61.4 Å². The second-order valence-corrected chi connectivity index (χ2v) is 8.69. The van der Waals surface area contributed by atoms with Crippen molar-refractivity contribution in [2.24, 2.45) is 0 Å². The zero-order chi connectivity index (χ0) is 23.8. The maximum Gasteiger partial charge on any atom is 0.297 e. The molecule has 0 radical (unpaired) electrons. The monoisotopic (exact) mass is 457 g/mol. The van der Waals surface area contributed by atoms with Crippen molar-refractivity contribution in [2.75, 3.05) is 10.6 Å². The molecule has 0 saturated carbocycles. The number of likely N-dealkylation sites (tertiary alicyclic amines) is 1. The lowest BCUT2D eigenvalue weighted by Gasteiger charge is -2.40. The maximum absolute atomic E-state index is 13.9. The van der Waals surface area contributed by atoms with E-state index in [0.29, 0.717) is 11.3 Å². The Bertz CT molecular complexity index is 1450. The number of anilines is 2. The highest BCUT2D eigenvalue weighted by Crippen LogP contribution is 2.49. The molecule has 2 N–H and O–H groups in total. The van der Waals surface area contributed by atoms with Crippen LogP contribution in [0.25, 0.3) is 5.70 Å². The molecule has 2 heterocycles. The number of para-hydroxylation sites is 2. The van der Waals surface area contributed by atoms with Crippen molar-refractivity contribution in [3.8, 4) is 0 Å². The molecule has 170 valence electrons. The number of carbonyl (C=O) groups is 2. The van der Waals surface area contributed by atoms with Crippen LogP contribution in [0.5, 0.6) is 0 Å². The summed E-state index contributed by atoms with van der Waals surface area (Å²) in [6, 6.07) is 37.0. The summed E-state index contributed by atoms with van der Waals surface area (Å²) in [5.41, 5.74) is 4.06. The summed E-state index contributed by atoms with van der Waals surface area (Å²) in [6.45, 7) is 0.279. The normalized spacial score (nSPS) is 18.9. The average molecular weight is 458 g/mol. The first-order valence-electron chi connectivity index (χ1n) is 11.6. The van der Waals surface area contributed by atoms with Crippen molar-refractivity contribution in [2.45, 2.75) is 12.2 Å². The lowest BCUT2D eigenvalue weighted by molar-refractivity contribution is -0.141. The number of nitrogens with zero attached hydrogens (tertiary/aromatic N) is 1. The van der Waals surface area contributed by atoms with Gasteiger partial charge in [0, 0.05) is 12.1 Å². The van der Waals surface area contributed by atoms with Crippen molar-refractivity contribution in [3.05, 3.63) is 138 Å². The summed E-state index contributed by atoms with van der Waals surface area (Å²) in [5, 5.41) is 7.14. The Morgan fingerprint density at radius 1 is 0.657 bits per heavy atom. The fraction of sp³-hybridized carbons (Fsp3) is 0.0667. The molecule has 2 aliphatic rings. The molecule has 35 heavy (non-hydrogen) atoms. The molecule has 6 rings (SSSR count). The van der Waals surface area contributed by atoms with Gasteiger partial charge in [-0.05, 0) is 23.3 Å². The highest BCUT2D eigenvalue weighted by molar-refractivity contribution is 6.48. The number of fused-ring (bicyclic) bond motifs is 2. The van der Waals surface area contributed by atoms with Crippen LogP contribution in [0.3, 0.4) is 0 Å². The average Bonchev–Trinajstić information content (AvgIpc) is 3.04. The SMILES string of the molecule is O=C1C(=O)N(Cc2ccccc2)[C@@]2(c3ccccc3)Nc3ccccc3NC(c3ccccc3)=C12. The molecule has 1 amide bonds. The van der Waals surface area contributed by atoms with Crippen LogP contribution >= 0.6 is 0 Å². The number of benzene rings is 4. The lowest BCUT2D eigenvalue weighted by atomic mass is 9.87. The van der Waals surface area contributed by atoms with Gasteiger partial charge >= 0.3 is 0 Å². The van der Waals surface area contributed by atoms with Gasteiger partial charge in [-0.1, -0.05) is 103 Å². The Morgan fingerprint density at radius 2 is 1.23 bits per heavy atom. The first-order valence-corrected chi connectivity index (χ1v) is 11.6. The first-order chi connectivity index (χ1) is 17.2. The molecule has 2 aliphatic heterocycles. The van der Waals surface area contributed by atoms with E-state index in [4.69, 9.17) is 0 Å². The summed E-state index contributed by atoms with van der Waals surface area (Å²) < 4.78 is 0. The second kappa shape index (κ2) is 8.29. The van der Waals surface area contributed by atoms with Gasteiger partial charge in [-0.2, -0.15) is 0 Å². The third kappa shape index (κ3) is 3.32. The molecule has 0 aromatic heterocycles. The quantitative estimate of drug-likeness (QED) is 0.403. The van der Waals surface area contributed by atoms with Crippen molar-refractivity contribution < 1.29 is 9.59 Å². The number of hydrogen-bond donors (Lipinski definition) is 2. The summed E-state index contributed by atoms with van der Waals surface area (Å²) in [5.74, 6) is -1.05. The van der Waals surface area contributed by atoms with Crippen LogP contribution < -0.4 is 10.6 Å². The van der Waals surface area contributed by atoms with Crippen LogP contribution in [0.2, 0.25) is 0 Å². The number of rotatable bonds is 4. The van der Waals surface area contributed by atoms with Crippen LogP contribution in [0.15, 0.2) is 121 Å². The fourth-order valence-corrected chi connectivity index (χ4v) is 5.03. The Hall–Kier alpha value is -4.64. The third-order valence-electron chi connectivity index (χ3n) is 6.62. The van der Waals surface area contributed by atoms with Crippen LogP contribution in [0.1, 0.15) is 16.7 Å². The van der Waals surface area contributed by atoms with Crippen molar-refractivity contribution in [1.82, 2.24) is 4.90 Å². The molecule has 4 aromatic rings. The van der Waals surface area contributed by atoms with E-state index in [1.54, 1.807) is 4.90 Å². The van der Waals surface area contributed by atoms with Crippen molar-refractivity contribution in [1.29, 1.82) is 0 Å². The molecule has 0 spiro atoms. The van der Waals surface area contributed by atoms with E-state index in [0.717, 1.165) is 28.1 Å². The van der Waals surface area contributed by atoms with E-state index in [9.17, 15) is 9.59 Å². The smallest absolute Gasteiger partial charge is 0.297 e. The van der Waals surface area contributed by atoms with Gasteiger partial charge in [-0.15, -0.1) is 0 Å². The lowest BCUT2D eigenvalue weighted by Crippen LogP contribution is -2.49. The van der Waals surface area contributed by atoms with Crippen LogP contribution in [0, 0.1) is 0 Å². The minimum atomic E-state index is -1.20. The molecular weight excluding hydrogens is 434 g/mol. The molecule has 0 unspecified atom stereocenters. The first kappa shape index (κ1) is 20.9. The number of Topliss-reactive ketones (excluding diaryl/α,β-unsaturated/α-hetero) is 1. The fourth-order valence-electron chi connectivity index (χ4n) is 5.03. The third-order valence-corrected chi connectivity index (χ3v) is 6.62. The van der Waals surface area contributed by atoms with Crippen LogP contribution in [-0.4, -0.2) is 16.6 Å². The predicted molar refractivity (Wildman–Crippen MR) is 137 cm³/mol. The number of amides is 1. The Kier molecular flexibility index (Phi) is 4.96. The van der Waals surface area contributed by atoms with Gasteiger partial charge in [0.2, 0.25) is 0 Å². The van der Waals surface area contributed by atoms with Crippen molar-refractivity contribution in [3.63, 3.8) is 0 Å². The largest absolute Gasteiger partial charge is 0.353 e. The zero-order valence-electron chi connectivity index (χ0n) is 18.9. The van der Waals surface area contributed by atoms with Crippen LogP contribution in [-0.2, 0) is 21.8 Å². The van der Waals surface area contributed by atoms with E-state index in [-0.39, 0.29) is 6.54 Å². The molecule has 4 aromatic carbocycles. The highest BCUT2D eigenvalue weighted by Gasteiger charge is 2.58. The molecule has 1 fully saturated rings. The summed E-state index contributed by atoms with van der Waals surface area (Å²) in [7, 11) is 0. The van der Waals surface area contributed by atoms with Gasteiger partial charge in [0.25, 0.3) is 11.7 Å². The maximum atomic E-state index is 13.9. The molecular formula is C30H23N3O2. The molecule has 0 bridgehead atoms. The minimum absolute atomic E-state index is 0.279. The number of hydrogen-bond acceptors (Lipinski definition) is 4. The molecule has 1 saturated heterocycles. The van der Waals surface area contributed by atoms with Gasteiger partial charge in [0.1, 0.15) is 0 Å². The Morgan fingerprint density at radius 3 is 1.91 bits per heavy atom. The Balaban J connectivity index is 1.69.